The number of carbonyl (C=O) groups is 2. The van der Waals surface area contributed by atoms with Crippen molar-refractivity contribution in [2.24, 2.45) is 17.1 Å². The fourth-order valence-corrected chi connectivity index (χ4v) is 2.54. The van der Waals surface area contributed by atoms with E-state index in [1.54, 1.807) is 0 Å². The van der Waals surface area contributed by atoms with Gasteiger partial charge in [0.1, 0.15) is 0 Å². The Kier molecular flexibility index (Phi) is 5.57. The van der Waals surface area contributed by atoms with Crippen LogP contribution in [-0.2, 0) is 9.59 Å². The first-order valence-electron chi connectivity index (χ1n) is 7.49. The van der Waals surface area contributed by atoms with Crippen LogP contribution in [-0.4, -0.2) is 30.4 Å². The Morgan fingerprint density at radius 2 is 1.80 bits per heavy atom. The highest BCUT2D eigenvalue weighted by Gasteiger charge is 2.37. The summed E-state index contributed by atoms with van der Waals surface area (Å²) < 4.78 is 0. The van der Waals surface area contributed by atoms with Crippen molar-refractivity contribution >= 4 is 11.8 Å². The van der Waals surface area contributed by atoms with Gasteiger partial charge in [-0.25, -0.2) is 0 Å². The molecule has 5 heteroatoms. The molecule has 116 valence electrons. The molecule has 0 radical (unpaired) electrons. The zero-order valence-corrected chi connectivity index (χ0v) is 13.2. The smallest absolute Gasteiger partial charge is 0.225 e. The van der Waals surface area contributed by atoms with Gasteiger partial charge in [-0.3, -0.25) is 9.59 Å². The average molecular weight is 283 g/mol. The summed E-state index contributed by atoms with van der Waals surface area (Å²) in [5, 5.41) is 5.70. The topological polar surface area (TPSA) is 84.2 Å². The summed E-state index contributed by atoms with van der Waals surface area (Å²) in [5.74, 6) is -0.109. The largest absolute Gasteiger partial charge is 0.354 e. The van der Waals surface area contributed by atoms with Crippen molar-refractivity contribution in [3.63, 3.8) is 0 Å². The minimum Gasteiger partial charge on any atom is -0.354 e. The molecule has 0 saturated heterocycles. The molecule has 20 heavy (non-hydrogen) atoms. The third kappa shape index (κ3) is 4.78. The lowest BCUT2D eigenvalue weighted by atomic mass is 9.74. The summed E-state index contributed by atoms with van der Waals surface area (Å²) in [6.45, 7) is 8.45. The molecular formula is C15H29N3O2. The highest BCUT2D eigenvalue weighted by Crippen LogP contribution is 2.31. The van der Waals surface area contributed by atoms with Crippen LogP contribution in [0, 0.1) is 11.3 Å². The number of nitrogens with two attached hydrogens (primary N) is 1. The predicted molar refractivity (Wildman–Crippen MR) is 80.0 cm³/mol. The van der Waals surface area contributed by atoms with E-state index in [4.69, 9.17) is 5.73 Å². The molecule has 0 bridgehead atoms. The lowest BCUT2D eigenvalue weighted by Crippen LogP contribution is -2.53. The number of carbonyl (C=O) groups excluding carboxylic acids is 2. The SMILES string of the molecule is CC(C)(C)C(=O)NCCNC(=O)C1CCCCC1(C)N. The third-order valence-corrected chi connectivity index (χ3v) is 3.96. The van der Waals surface area contributed by atoms with Crippen LogP contribution in [0.1, 0.15) is 53.4 Å². The molecule has 2 amide bonds. The second-order valence-corrected chi connectivity index (χ2v) is 7.10. The Labute approximate surface area is 122 Å². The molecule has 0 heterocycles. The Bertz CT molecular complexity index is 359. The van der Waals surface area contributed by atoms with Crippen LogP contribution in [0.5, 0.6) is 0 Å². The number of rotatable bonds is 4. The van der Waals surface area contributed by atoms with Crippen LogP contribution in [0.3, 0.4) is 0 Å². The number of nitrogens with one attached hydrogen (secondary N) is 2. The van der Waals surface area contributed by atoms with Crippen molar-refractivity contribution < 1.29 is 9.59 Å². The maximum Gasteiger partial charge on any atom is 0.225 e. The Morgan fingerprint density at radius 1 is 1.20 bits per heavy atom. The minimum absolute atomic E-state index is 0.00641. The molecule has 1 aliphatic carbocycles. The Morgan fingerprint density at radius 3 is 2.35 bits per heavy atom. The van der Waals surface area contributed by atoms with E-state index in [0.717, 1.165) is 25.7 Å². The Balaban J connectivity index is 2.32. The fourth-order valence-electron chi connectivity index (χ4n) is 2.54. The van der Waals surface area contributed by atoms with Crippen LogP contribution in [0.2, 0.25) is 0 Å². The fraction of sp³-hybridized carbons (Fsp3) is 0.867. The average Bonchev–Trinajstić information content (AvgIpc) is 2.32. The first kappa shape index (κ1) is 17.0. The van der Waals surface area contributed by atoms with Crippen LogP contribution in [0.4, 0.5) is 0 Å². The maximum atomic E-state index is 12.2. The molecule has 4 N–H and O–H groups in total. The standard InChI is InChI=1S/C15H29N3O2/c1-14(2,3)13(20)18-10-9-17-12(19)11-7-5-6-8-15(11,4)16/h11H,5-10,16H2,1-4H3,(H,17,19)(H,18,20). The van der Waals surface area contributed by atoms with Gasteiger partial charge in [0.25, 0.3) is 0 Å². The summed E-state index contributed by atoms with van der Waals surface area (Å²) in [6, 6.07) is 0. The normalized spacial score (nSPS) is 26.9. The van der Waals surface area contributed by atoms with Crippen LogP contribution < -0.4 is 16.4 Å². The van der Waals surface area contributed by atoms with E-state index in [1.807, 2.05) is 27.7 Å². The minimum atomic E-state index is -0.406. The van der Waals surface area contributed by atoms with Gasteiger partial charge in [-0.15, -0.1) is 0 Å². The third-order valence-electron chi connectivity index (χ3n) is 3.96. The van der Waals surface area contributed by atoms with Crippen molar-refractivity contribution in [1.82, 2.24) is 10.6 Å². The van der Waals surface area contributed by atoms with Crippen molar-refractivity contribution in [1.29, 1.82) is 0 Å². The molecule has 2 atom stereocenters. The van der Waals surface area contributed by atoms with E-state index in [0.29, 0.717) is 13.1 Å². The molecule has 1 aliphatic rings. The van der Waals surface area contributed by atoms with Gasteiger partial charge in [-0.05, 0) is 19.8 Å². The van der Waals surface area contributed by atoms with Gasteiger partial charge in [0, 0.05) is 24.0 Å². The molecule has 1 fully saturated rings. The van der Waals surface area contributed by atoms with E-state index >= 15 is 0 Å². The lowest BCUT2D eigenvalue weighted by Gasteiger charge is -2.37. The van der Waals surface area contributed by atoms with Crippen molar-refractivity contribution in [2.45, 2.75) is 58.9 Å². The molecule has 1 saturated carbocycles. The highest BCUT2D eigenvalue weighted by atomic mass is 16.2. The molecule has 5 nitrogen and oxygen atoms in total. The van der Waals surface area contributed by atoms with Gasteiger partial charge in [0.2, 0.25) is 11.8 Å². The molecular weight excluding hydrogens is 254 g/mol. The summed E-state index contributed by atoms with van der Waals surface area (Å²) in [4.78, 5) is 23.8. The lowest BCUT2D eigenvalue weighted by molar-refractivity contribution is -0.130. The first-order chi connectivity index (χ1) is 9.14. The second-order valence-electron chi connectivity index (χ2n) is 7.10. The van der Waals surface area contributed by atoms with Crippen LogP contribution in [0.25, 0.3) is 0 Å². The molecule has 0 spiro atoms. The van der Waals surface area contributed by atoms with Gasteiger partial charge >= 0.3 is 0 Å². The van der Waals surface area contributed by atoms with Gasteiger partial charge in [-0.1, -0.05) is 33.6 Å². The molecule has 0 aromatic rings. The maximum absolute atomic E-state index is 12.2. The van der Waals surface area contributed by atoms with Gasteiger partial charge in [-0.2, -0.15) is 0 Å². The molecule has 0 aromatic heterocycles. The van der Waals surface area contributed by atoms with Crippen LogP contribution in [0.15, 0.2) is 0 Å². The molecule has 1 rings (SSSR count). The summed E-state index contributed by atoms with van der Waals surface area (Å²) >= 11 is 0. The van der Waals surface area contributed by atoms with E-state index in [9.17, 15) is 9.59 Å². The van der Waals surface area contributed by atoms with Crippen LogP contribution >= 0.6 is 0 Å². The van der Waals surface area contributed by atoms with E-state index in [2.05, 4.69) is 10.6 Å². The second kappa shape index (κ2) is 6.57. The van der Waals surface area contributed by atoms with Gasteiger partial charge in [0.05, 0.1) is 5.92 Å². The van der Waals surface area contributed by atoms with Crippen molar-refractivity contribution in [3.8, 4) is 0 Å². The summed E-state index contributed by atoms with van der Waals surface area (Å²) in [5.41, 5.74) is 5.40. The quantitative estimate of drug-likeness (QED) is 0.677. The zero-order valence-electron chi connectivity index (χ0n) is 13.2. The summed E-state index contributed by atoms with van der Waals surface area (Å²) in [7, 11) is 0. The monoisotopic (exact) mass is 283 g/mol. The van der Waals surface area contributed by atoms with Crippen molar-refractivity contribution in [3.05, 3.63) is 0 Å². The molecule has 0 aliphatic heterocycles. The van der Waals surface area contributed by atoms with Gasteiger partial charge in [0.15, 0.2) is 0 Å². The predicted octanol–water partition coefficient (Wildman–Crippen LogP) is 1.17. The number of amides is 2. The number of hydrogen-bond acceptors (Lipinski definition) is 3. The molecule has 2 unspecified atom stereocenters. The van der Waals surface area contributed by atoms with Gasteiger partial charge < -0.3 is 16.4 Å². The number of hydrogen-bond donors (Lipinski definition) is 3. The summed E-state index contributed by atoms with van der Waals surface area (Å²) in [6.07, 6.45) is 3.91. The highest BCUT2D eigenvalue weighted by molar-refractivity contribution is 5.82. The van der Waals surface area contributed by atoms with E-state index in [1.165, 1.54) is 0 Å². The zero-order chi connectivity index (χ0) is 15.4. The first-order valence-corrected chi connectivity index (χ1v) is 7.49. The van der Waals surface area contributed by atoms with E-state index in [-0.39, 0.29) is 17.7 Å². The Hall–Kier alpha value is -1.10. The van der Waals surface area contributed by atoms with Crippen molar-refractivity contribution in [2.75, 3.05) is 13.1 Å². The molecule has 0 aromatic carbocycles. The van der Waals surface area contributed by atoms with E-state index < -0.39 is 11.0 Å².